The Morgan fingerprint density at radius 1 is 0.927 bits per heavy atom. The molecule has 3 aromatic rings. The van der Waals surface area contributed by atoms with E-state index in [4.69, 9.17) is 9.47 Å². The lowest BCUT2D eigenvalue weighted by Crippen LogP contribution is -2.54. The molecule has 41 heavy (non-hydrogen) atoms. The van der Waals surface area contributed by atoms with E-state index in [1.54, 1.807) is 43.3 Å². The van der Waals surface area contributed by atoms with E-state index < -0.39 is 34.1 Å². The van der Waals surface area contributed by atoms with Crippen LogP contribution in [-0.2, 0) is 26.2 Å². The Bertz CT molecular complexity index is 1500. The van der Waals surface area contributed by atoms with E-state index in [1.165, 1.54) is 17.0 Å². The molecule has 2 amide bonds. The fraction of sp³-hybridized carbons (Fsp3) is 0.355. The highest BCUT2D eigenvalue weighted by atomic mass is 32.2. The van der Waals surface area contributed by atoms with Crippen molar-refractivity contribution in [1.82, 2.24) is 10.2 Å². The Balaban J connectivity index is 1.74. The predicted octanol–water partition coefficient (Wildman–Crippen LogP) is 4.29. The van der Waals surface area contributed by atoms with Crippen LogP contribution < -0.4 is 19.1 Å². The molecule has 1 N–H and O–H groups in total. The minimum absolute atomic E-state index is 0.0337. The summed E-state index contributed by atoms with van der Waals surface area (Å²) in [5, 5.41) is 2.93. The van der Waals surface area contributed by atoms with Gasteiger partial charge in [-0.05, 0) is 64.4 Å². The molecular formula is C31H37N3O6S. The number of rotatable bonds is 9. The van der Waals surface area contributed by atoms with E-state index >= 15 is 0 Å². The highest BCUT2D eigenvalue weighted by molar-refractivity contribution is 7.92. The maximum atomic E-state index is 14.1. The van der Waals surface area contributed by atoms with Gasteiger partial charge in [-0.3, -0.25) is 13.9 Å². The van der Waals surface area contributed by atoms with Crippen molar-refractivity contribution >= 4 is 27.5 Å². The van der Waals surface area contributed by atoms with Crippen LogP contribution in [0.3, 0.4) is 0 Å². The first-order valence-electron chi connectivity index (χ1n) is 13.5. The van der Waals surface area contributed by atoms with Crippen LogP contribution in [0.1, 0.15) is 38.8 Å². The lowest BCUT2D eigenvalue weighted by atomic mass is 10.1. The molecule has 1 atom stereocenters. The van der Waals surface area contributed by atoms with E-state index in [9.17, 15) is 18.0 Å². The van der Waals surface area contributed by atoms with Crippen molar-refractivity contribution in [3.05, 3.63) is 83.9 Å². The SMILES string of the molecule is Cc1cccc(CN(C(=O)CN(c2ccc3c(c2)OCCO3)S(=O)(=O)c2ccccc2)C(C)C(=O)NC(C)(C)C)c1. The fourth-order valence-corrected chi connectivity index (χ4v) is 5.93. The predicted molar refractivity (Wildman–Crippen MR) is 157 cm³/mol. The van der Waals surface area contributed by atoms with Gasteiger partial charge in [0.1, 0.15) is 25.8 Å². The summed E-state index contributed by atoms with van der Waals surface area (Å²) >= 11 is 0. The van der Waals surface area contributed by atoms with Gasteiger partial charge in [-0.1, -0.05) is 48.0 Å². The fourth-order valence-electron chi connectivity index (χ4n) is 4.50. The number of carbonyl (C=O) groups excluding carboxylic acids is 2. The molecule has 0 radical (unpaired) electrons. The van der Waals surface area contributed by atoms with Gasteiger partial charge in [0.05, 0.1) is 10.6 Å². The molecule has 0 bridgehead atoms. The quantitative estimate of drug-likeness (QED) is 0.406. The second-order valence-electron chi connectivity index (χ2n) is 11.1. The van der Waals surface area contributed by atoms with Gasteiger partial charge in [0.25, 0.3) is 10.0 Å². The Hall–Kier alpha value is -4.05. The summed E-state index contributed by atoms with van der Waals surface area (Å²) in [5.74, 6) is 0.0219. The van der Waals surface area contributed by atoms with Gasteiger partial charge < -0.3 is 19.7 Å². The minimum Gasteiger partial charge on any atom is -0.486 e. The summed E-state index contributed by atoms with van der Waals surface area (Å²) in [6.07, 6.45) is 0. The van der Waals surface area contributed by atoms with E-state index in [0.29, 0.717) is 24.7 Å². The molecule has 1 aliphatic heterocycles. The molecule has 3 aromatic carbocycles. The molecule has 0 aliphatic carbocycles. The molecule has 9 nitrogen and oxygen atoms in total. The van der Waals surface area contributed by atoms with Gasteiger partial charge in [-0.25, -0.2) is 8.42 Å². The van der Waals surface area contributed by atoms with Crippen molar-refractivity contribution in [2.45, 2.75) is 57.6 Å². The van der Waals surface area contributed by atoms with Gasteiger partial charge in [0, 0.05) is 18.2 Å². The molecule has 1 heterocycles. The van der Waals surface area contributed by atoms with Crippen LogP contribution in [0.5, 0.6) is 11.5 Å². The topological polar surface area (TPSA) is 105 Å². The third-order valence-corrected chi connectivity index (χ3v) is 8.31. The summed E-state index contributed by atoms with van der Waals surface area (Å²) in [7, 11) is -4.17. The van der Waals surface area contributed by atoms with Gasteiger partial charge >= 0.3 is 0 Å². The van der Waals surface area contributed by atoms with Gasteiger partial charge in [-0.2, -0.15) is 0 Å². The molecule has 218 valence electrons. The number of anilines is 1. The van der Waals surface area contributed by atoms with E-state index in [2.05, 4.69) is 5.32 Å². The maximum absolute atomic E-state index is 14.1. The summed E-state index contributed by atoms with van der Waals surface area (Å²) in [5.41, 5.74) is 1.56. The third kappa shape index (κ3) is 7.38. The Morgan fingerprint density at radius 2 is 1.61 bits per heavy atom. The average molecular weight is 580 g/mol. The summed E-state index contributed by atoms with van der Waals surface area (Å²) < 4.78 is 40.3. The number of benzene rings is 3. The highest BCUT2D eigenvalue weighted by Crippen LogP contribution is 2.36. The normalized spacial score (nSPS) is 13.7. The first-order chi connectivity index (χ1) is 19.3. The molecule has 1 aliphatic rings. The molecule has 0 saturated carbocycles. The number of nitrogens with one attached hydrogen (secondary N) is 1. The second kappa shape index (κ2) is 12.2. The largest absolute Gasteiger partial charge is 0.486 e. The zero-order chi connectivity index (χ0) is 29.8. The van der Waals surface area contributed by atoms with Crippen LogP contribution in [0.4, 0.5) is 5.69 Å². The second-order valence-corrected chi connectivity index (χ2v) is 12.9. The van der Waals surface area contributed by atoms with Crippen molar-refractivity contribution in [3.8, 4) is 11.5 Å². The number of hydrogen-bond acceptors (Lipinski definition) is 6. The van der Waals surface area contributed by atoms with Crippen LogP contribution in [0.2, 0.25) is 0 Å². The zero-order valence-corrected chi connectivity index (χ0v) is 24.9. The maximum Gasteiger partial charge on any atom is 0.264 e. The summed E-state index contributed by atoms with van der Waals surface area (Å²) in [4.78, 5) is 28.8. The number of sulfonamides is 1. The lowest BCUT2D eigenvalue weighted by Gasteiger charge is -2.33. The number of fused-ring (bicyclic) bond motifs is 1. The zero-order valence-electron chi connectivity index (χ0n) is 24.1. The minimum atomic E-state index is -4.17. The van der Waals surface area contributed by atoms with Crippen LogP contribution in [-0.4, -0.2) is 56.5 Å². The highest BCUT2D eigenvalue weighted by Gasteiger charge is 2.34. The molecule has 10 heteroatoms. The molecule has 0 spiro atoms. The standard InChI is InChI=1S/C31H37N3O6S/c1-22-10-9-11-24(18-22)20-33(23(2)30(36)32-31(3,4)5)29(35)21-34(41(37,38)26-12-7-6-8-13-26)25-14-15-27-28(19-25)40-17-16-39-27/h6-15,18-19,23H,16-17,20-21H2,1-5H3,(H,32,36). The number of ether oxygens (including phenoxy) is 2. The first kappa shape index (κ1) is 29.9. The summed E-state index contributed by atoms with van der Waals surface area (Å²) in [6.45, 7) is 9.48. The van der Waals surface area contributed by atoms with Crippen LogP contribution in [0.25, 0.3) is 0 Å². The number of hydrogen-bond donors (Lipinski definition) is 1. The van der Waals surface area contributed by atoms with Crippen molar-refractivity contribution < 1.29 is 27.5 Å². The number of aryl methyl sites for hydroxylation is 1. The van der Waals surface area contributed by atoms with Gasteiger partial charge in [0.15, 0.2) is 11.5 Å². The van der Waals surface area contributed by atoms with E-state index in [0.717, 1.165) is 15.4 Å². The number of amides is 2. The molecule has 0 fully saturated rings. The Labute approximate surface area is 242 Å². The van der Waals surface area contributed by atoms with Gasteiger partial charge in [0.2, 0.25) is 11.8 Å². The number of nitrogens with zero attached hydrogens (tertiary/aromatic N) is 2. The van der Waals surface area contributed by atoms with E-state index in [1.807, 2.05) is 52.0 Å². The van der Waals surface area contributed by atoms with Crippen molar-refractivity contribution in [1.29, 1.82) is 0 Å². The van der Waals surface area contributed by atoms with Crippen LogP contribution in [0.15, 0.2) is 77.7 Å². The van der Waals surface area contributed by atoms with Gasteiger partial charge in [-0.15, -0.1) is 0 Å². The average Bonchev–Trinajstić information content (AvgIpc) is 2.93. The lowest BCUT2D eigenvalue weighted by molar-refractivity contribution is -0.140. The summed E-state index contributed by atoms with van der Waals surface area (Å²) in [6, 6.07) is 19.5. The Kier molecular flexibility index (Phi) is 8.92. The van der Waals surface area contributed by atoms with Crippen LogP contribution in [0, 0.1) is 6.92 Å². The van der Waals surface area contributed by atoms with Crippen molar-refractivity contribution in [2.75, 3.05) is 24.1 Å². The number of carbonyl (C=O) groups is 2. The molecule has 0 aromatic heterocycles. The van der Waals surface area contributed by atoms with Crippen molar-refractivity contribution in [2.24, 2.45) is 0 Å². The molecular weight excluding hydrogens is 542 g/mol. The molecule has 4 rings (SSSR count). The van der Waals surface area contributed by atoms with Crippen LogP contribution >= 0.6 is 0 Å². The van der Waals surface area contributed by atoms with E-state index in [-0.39, 0.29) is 23.0 Å². The first-order valence-corrected chi connectivity index (χ1v) is 14.9. The molecule has 1 unspecified atom stereocenters. The molecule has 0 saturated heterocycles. The van der Waals surface area contributed by atoms with Crippen molar-refractivity contribution in [3.63, 3.8) is 0 Å². The third-order valence-electron chi connectivity index (χ3n) is 6.52. The Morgan fingerprint density at radius 3 is 2.27 bits per heavy atom. The monoisotopic (exact) mass is 579 g/mol. The smallest absolute Gasteiger partial charge is 0.264 e.